The summed E-state index contributed by atoms with van der Waals surface area (Å²) in [6.07, 6.45) is 2.68. The average Bonchev–Trinajstić information content (AvgIpc) is 3.38. The van der Waals surface area contributed by atoms with Crippen LogP contribution in [0.2, 0.25) is 5.02 Å². The molecule has 1 atom stereocenters. The Morgan fingerprint density at radius 2 is 1.78 bits per heavy atom. The summed E-state index contributed by atoms with van der Waals surface area (Å²) in [7, 11) is 0. The quantitative estimate of drug-likeness (QED) is 0.369. The first-order chi connectivity index (χ1) is 15.5. The van der Waals surface area contributed by atoms with Gasteiger partial charge in [-0.3, -0.25) is 4.79 Å². The van der Waals surface area contributed by atoms with Crippen molar-refractivity contribution >= 4 is 34.1 Å². The number of hydrazone groups is 1. The normalized spacial score (nSPS) is 15.9. The van der Waals surface area contributed by atoms with Crippen molar-refractivity contribution < 1.29 is 9.18 Å². The van der Waals surface area contributed by atoms with Gasteiger partial charge in [-0.1, -0.05) is 54.1 Å². The number of aromatic nitrogens is 1. The summed E-state index contributed by atoms with van der Waals surface area (Å²) in [5.74, 6) is -0.417. The highest BCUT2D eigenvalue weighted by atomic mass is 35.5. The first-order valence-electron chi connectivity index (χ1n) is 10.4. The topological polar surface area (TPSA) is 37.6 Å². The van der Waals surface area contributed by atoms with Gasteiger partial charge in [0.1, 0.15) is 5.82 Å². The Kier molecular flexibility index (Phi) is 5.27. The molecule has 0 fully saturated rings. The van der Waals surface area contributed by atoms with E-state index in [2.05, 4.69) is 28.0 Å². The lowest BCUT2D eigenvalue weighted by Crippen LogP contribution is -2.24. The SMILES string of the molecule is CC(=O)N1N=C(c2ccc(F)cc2)CC1c1cn(Cc2ccc(Cl)cc2)c2ccccc12. The third-order valence-electron chi connectivity index (χ3n) is 5.86. The van der Waals surface area contributed by atoms with Gasteiger partial charge in [0.25, 0.3) is 0 Å². The maximum absolute atomic E-state index is 13.4. The molecular formula is C26H21ClFN3O. The van der Waals surface area contributed by atoms with E-state index in [1.165, 1.54) is 19.1 Å². The van der Waals surface area contributed by atoms with E-state index in [0.717, 1.165) is 33.3 Å². The molecule has 0 aliphatic carbocycles. The number of benzene rings is 3. The fourth-order valence-corrected chi connectivity index (χ4v) is 4.44. The fourth-order valence-electron chi connectivity index (χ4n) is 4.32. The maximum Gasteiger partial charge on any atom is 0.240 e. The largest absolute Gasteiger partial charge is 0.343 e. The van der Waals surface area contributed by atoms with Crippen molar-refractivity contribution in [3.63, 3.8) is 0 Å². The first kappa shape index (κ1) is 20.5. The van der Waals surface area contributed by atoms with Gasteiger partial charge in [-0.05, 0) is 41.5 Å². The Labute approximate surface area is 190 Å². The van der Waals surface area contributed by atoms with Gasteiger partial charge in [-0.2, -0.15) is 5.10 Å². The minimum atomic E-state index is -0.294. The molecule has 0 bridgehead atoms. The molecule has 1 aromatic heterocycles. The van der Waals surface area contributed by atoms with E-state index in [4.69, 9.17) is 11.6 Å². The van der Waals surface area contributed by atoms with Crippen molar-refractivity contribution in [2.45, 2.75) is 25.9 Å². The van der Waals surface area contributed by atoms with Gasteiger partial charge in [-0.25, -0.2) is 9.40 Å². The molecule has 0 N–H and O–H groups in total. The van der Waals surface area contributed by atoms with E-state index in [9.17, 15) is 9.18 Å². The van der Waals surface area contributed by atoms with Gasteiger partial charge in [0.05, 0.1) is 11.8 Å². The van der Waals surface area contributed by atoms with Crippen LogP contribution < -0.4 is 0 Å². The van der Waals surface area contributed by atoms with Crippen LogP contribution in [0.5, 0.6) is 0 Å². The second-order valence-electron chi connectivity index (χ2n) is 7.99. The first-order valence-corrected chi connectivity index (χ1v) is 10.8. The van der Waals surface area contributed by atoms with Crippen LogP contribution in [0.4, 0.5) is 4.39 Å². The fraction of sp³-hybridized carbons (Fsp3) is 0.154. The molecule has 160 valence electrons. The summed E-state index contributed by atoms with van der Waals surface area (Å²) < 4.78 is 15.6. The zero-order chi connectivity index (χ0) is 22.2. The van der Waals surface area contributed by atoms with Crippen molar-refractivity contribution in [1.29, 1.82) is 0 Å². The van der Waals surface area contributed by atoms with E-state index in [-0.39, 0.29) is 17.8 Å². The van der Waals surface area contributed by atoms with Gasteiger partial charge < -0.3 is 4.57 Å². The number of nitrogens with zero attached hydrogens (tertiary/aromatic N) is 3. The highest BCUT2D eigenvalue weighted by Gasteiger charge is 2.33. The van der Waals surface area contributed by atoms with E-state index in [1.54, 1.807) is 17.1 Å². The molecule has 4 nitrogen and oxygen atoms in total. The van der Waals surface area contributed by atoms with Crippen molar-refractivity contribution in [3.8, 4) is 0 Å². The van der Waals surface area contributed by atoms with Gasteiger partial charge in [0, 0.05) is 47.6 Å². The molecule has 1 aliphatic rings. The molecule has 6 heteroatoms. The van der Waals surface area contributed by atoms with Crippen molar-refractivity contribution in [3.05, 3.63) is 107 Å². The Bertz CT molecular complexity index is 1330. The minimum Gasteiger partial charge on any atom is -0.343 e. The van der Waals surface area contributed by atoms with E-state index < -0.39 is 0 Å². The molecule has 0 saturated heterocycles. The Morgan fingerprint density at radius 3 is 2.50 bits per heavy atom. The summed E-state index contributed by atoms with van der Waals surface area (Å²) in [6.45, 7) is 2.22. The van der Waals surface area contributed by atoms with Crippen LogP contribution in [0, 0.1) is 5.82 Å². The Morgan fingerprint density at radius 1 is 1.06 bits per heavy atom. The molecule has 1 amide bonds. The Balaban J connectivity index is 1.54. The Hall–Kier alpha value is -3.44. The lowest BCUT2D eigenvalue weighted by molar-refractivity contribution is -0.130. The molecule has 2 heterocycles. The lowest BCUT2D eigenvalue weighted by Gasteiger charge is -2.19. The number of rotatable bonds is 4. The number of hydrogen-bond donors (Lipinski definition) is 0. The molecular weight excluding hydrogens is 425 g/mol. The summed E-state index contributed by atoms with van der Waals surface area (Å²) in [6, 6.07) is 22.0. The zero-order valence-electron chi connectivity index (χ0n) is 17.5. The van der Waals surface area contributed by atoms with Crippen LogP contribution in [0.15, 0.2) is 84.1 Å². The number of fused-ring (bicyclic) bond motifs is 1. The molecule has 4 aromatic rings. The number of halogens is 2. The van der Waals surface area contributed by atoms with Gasteiger partial charge in [-0.15, -0.1) is 0 Å². The second kappa shape index (κ2) is 8.24. The van der Waals surface area contributed by atoms with Crippen molar-refractivity contribution in [2.24, 2.45) is 5.10 Å². The molecule has 5 rings (SSSR count). The average molecular weight is 446 g/mol. The van der Waals surface area contributed by atoms with Crippen LogP contribution in [0.25, 0.3) is 10.9 Å². The predicted octanol–water partition coefficient (Wildman–Crippen LogP) is 6.18. The summed E-state index contributed by atoms with van der Waals surface area (Å²) in [5.41, 5.74) is 4.88. The predicted molar refractivity (Wildman–Crippen MR) is 125 cm³/mol. The van der Waals surface area contributed by atoms with Crippen molar-refractivity contribution in [1.82, 2.24) is 9.58 Å². The summed E-state index contributed by atoms with van der Waals surface area (Å²) in [5, 5.41) is 7.96. The van der Waals surface area contributed by atoms with E-state index in [1.807, 2.05) is 36.4 Å². The number of hydrogen-bond acceptors (Lipinski definition) is 2. The molecule has 1 unspecified atom stereocenters. The van der Waals surface area contributed by atoms with E-state index >= 15 is 0 Å². The lowest BCUT2D eigenvalue weighted by atomic mass is 9.98. The van der Waals surface area contributed by atoms with Gasteiger partial charge >= 0.3 is 0 Å². The highest BCUT2D eigenvalue weighted by Crippen LogP contribution is 2.37. The molecule has 32 heavy (non-hydrogen) atoms. The molecule has 3 aromatic carbocycles. The van der Waals surface area contributed by atoms with Crippen LogP contribution in [0.3, 0.4) is 0 Å². The van der Waals surface area contributed by atoms with Crippen LogP contribution in [0.1, 0.15) is 36.1 Å². The van der Waals surface area contributed by atoms with E-state index in [0.29, 0.717) is 18.0 Å². The van der Waals surface area contributed by atoms with Crippen LogP contribution in [-0.4, -0.2) is 21.2 Å². The van der Waals surface area contributed by atoms with Gasteiger partial charge in [0.15, 0.2) is 0 Å². The number of carbonyl (C=O) groups excluding carboxylic acids is 1. The van der Waals surface area contributed by atoms with Gasteiger partial charge in [0.2, 0.25) is 5.91 Å². The number of amides is 1. The number of carbonyl (C=O) groups is 1. The standard InChI is InChI=1S/C26H21ClFN3O/c1-17(32)31-26(14-24(29-31)19-8-12-21(28)13-9-19)23-16-30(25-5-3-2-4-22(23)25)15-18-6-10-20(27)11-7-18/h2-13,16,26H,14-15H2,1H3. The third kappa shape index (κ3) is 3.80. The van der Waals surface area contributed by atoms with Crippen LogP contribution >= 0.6 is 11.6 Å². The smallest absolute Gasteiger partial charge is 0.240 e. The van der Waals surface area contributed by atoms with Crippen molar-refractivity contribution in [2.75, 3.05) is 0 Å². The molecule has 0 saturated carbocycles. The summed E-state index contributed by atoms with van der Waals surface area (Å²) >= 11 is 6.04. The summed E-state index contributed by atoms with van der Waals surface area (Å²) in [4.78, 5) is 12.5. The third-order valence-corrected chi connectivity index (χ3v) is 6.11. The van der Waals surface area contributed by atoms with Crippen LogP contribution in [-0.2, 0) is 11.3 Å². The monoisotopic (exact) mass is 445 g/mol. The molecule has 0 radical (unpaired) electrons. The maximum atomic E-state index is 13.4. The number of para-hydroxylation sites is 1. The molecule has 0 spiro atoms. The zero-order valence-corrected chi connectivity index (χ0v) is 18.3. The minimum absolute atomic E-state index is 0.123. The molecule has 1 aliphatic heterocycles. The second-order valence-corrected chi connectivity index (χ2v) is 8.43. The highest BCUT2D eigenvalue weighted by molar-refractivity contribution is 6.30.